The smallest absolute Gasteiger partial charge is 0.349 e. The highest BCUT2D eigenvalue weighted by molar-refractivity contribution is 6.37. The van der Waals surface area contributed by atoms with Crippen molar-refractivity contribution < 1.29 is 4.74 Å². The zero-order valence-corrected chi connectivity index (χ0v) is 20.1. The number of aromatic nitrogens is 4. The van der Waals surface area contributed by atoms with Gasteiger partial charge in [-0.2, -0.15) is 9.94 Å². The van der Waals surface area contributed by atoms with Crippen molar-refractivity contribution in [3.05, 3.63) is 94.1 Å². The Morgan fingerprint density at radius 2 is 1.85 bits per heavy atom. The van der Waals surface area contributed by atoms with Crippen LogP contribution in [0.4, 0.5) is 0 Å². The molecule has 0 radical (unpaired) electrons. The van der Waals surface area contributed by atoms with Crippen LogP contribution in [0.5, 0.6) is 11.5 Å². The van der Waals surface area contributed by atoms with Crippen LogP contribution in [-0.2, 0) is 0 Å². The molecule has 9 nitrogen and oxygen atoms in total. The Morgan fingerprint density at radius 3 is 2.47 bits per heavy atom. The van der Waals surface area contributed by atoms with Gasteiger partial charge in [-0.05, 0) is 31.1 Å². The molecule has 1 aromatic carbocycles. The highest BCUT2D eigenvalue weighted by Gasteiger charge is 2.16. The van der Waals surface area contributed by atoms with E-state index in [2.05, 4.69) is 5.10 Å². The molecule has 0 bridgehead atoms. The van der Waals surface area contributed by atoms with Gasteiger partial charge in [0.15, 0.2) is 5.75 Å². The van der Waals surface area contributed by atoms with Crippen LogP contribution in [0.3, 0.4) is 0 Å². The monoisotopic (exact) mass is 519 g/mol. The number of aromatic amines is 1. The summed E-state index contributed by atoms with van der Waals surface area (Å²) in [6.07, 6.45) is 7.67. The van der Waals surface area contributed by atoms with Crippen molar-refractivity contribution in [2.45, 2.75) is 20.3 Å². The second kappa shape index (κ2) is 10.6. The van der Waals surface area contributed by atoms with Gasteiger partial charge in [0.1, 0.15) is 16.8 Å². The van der Waals surface area contributed by atoms with Crippen LogP contribution in [0.25, 0.3) is 11.9 Å². The predicted octanol–water partition coefficient (Wildman–Crippen LogP) is 4.53. The van der Waals surface area contributed by atoms with E-state index < -0.39 is 22.5 Å². The molecule has 0 aliphatic carbocycles. The molecular formula is C22H16Cl3N5O4. The first kappa shape index (κ1) is 25.1. The van der Waals surface area contributed by atoms with Crippen LogP contribution in [0.1, 0.15) is 26.0 Å². The molecule has 0 aliphatic rings. The van der Waals surface area contributed by atoms with Gasteiger partial charge in [-0.3, -0.25) is 19.1 Å². The zero-order chi connectivity index (χ0) is 25.0. The van der Waals surface area contributed by atoms with Crippen molar-refractivity contribution in [1.82, 2.24) is 19.3 Å². The largest absolute Gasteiger partial charge is 0.453 e. The fourth-order valence-electron chi connectivity index (χ4n) is 2.79. The summed E-state index contributed by atoms with van der Waals surface area (Å²) in [6.45, 7) is 3.82. The maximum atomic E-state index is 12.4. The van der Waals surface area contributed by atoms with Crippen LogP contribution >= 0.6 is 34.8 Å². The van der Waals surface area contributed by atoms with E-state index >= 15 is 0 Å². The first-order valence-corrected chi connectivity index (χ1v) is 10.9. The van der Waals surface area contributed by atoms with Crippen LogP contribution in [0.15, 0.2) is 56.5 Å². The maximum absolute atomic E-state index is 12.4. The van der Waals surface area contributed by atoms with Crippen LogP contribution < -0.4 is 21.5 Å². The number of nitrogens with one attached hydrogen (secondary N) is 1. The summed E-state index contributed by atoms with van der Waals surface area (Å²) < 4.78 is 7.84. The third-order valence-electron chi connectivity index (χ3n) is 4.31. The molecule has 12 heteroatoms. The molecule has 1 N–H and O–H groups in total. The minimum absolute atomic E-state index is 0.00705. The summed E-state index contributed by atoms with van der Waals surface area (Å²) >= 11 is 18.8. The number of allylic oxidation sites excluding steroid dienone is 3. The van der Waals surface area contributed by atoms with Gasteiger partial charge in [-0.25, -0.2) is 4.79 Å². The number of H-pyrrole nitrogens is 1. The lowest BCUT2D eigenvalue weighted by Gasteiger charge is -2.13. The van der Waals surface area contributed by atoms with E-state index in [9.17, 15) is 14.4 Å². The number of nitriles is 1. The molecule has 174 valence electrons. The molecule has 3 aromatic rings. The van der Waals surface area contributed by atoms with Crippen molar-refractivity contribution in [1.29, 1.82) is 5.26 Å². The minimum Gasteiger partial charge on any atom is -0.453 e. The average molecular weight is 521 g/mol. The maximum Gasteiger partial charge on any atom is 0.349 e. The Kier molecular flexibility index (Phi) is 7.79. The van der Waals surface area contributed by atoms with E-state index in [4.69, 9.17) is 44.8 Å². The minimum atomic E-state index is -0.914. The second-order valence-electron chi connectivity index (χ2n) is 6.89. The van der Waals surface area contributed by atoms with Crippen molar-refractivity contribution in [3.63, 3.8) is 0 Å². The molecular weight excluding hydrogens is 505 g/mol. The van der Waals surface area contributed by atoms with Gasteiger partial charge in [-0.1, -0.05) is 53.9 Å². The summed E-state index contributed by atoms with van der Waals surface area (Å²) in [6, 6.07) is 5.54. The lowest BCUT2D eigenvalue weighted by Crippen LogP contribution is -2.33. The third kappa shape index (κ3) is 5.48. The Balaban J connectivity index is 2.03. The number of halogens is 3. The number of benzene rings is 1. The van der Waals surface area contributed by atoms with Crippen LogP contribution in [0, 0.1) is 11.3 Å². The van der Waals surface area contributed by atoms with Gasteiger partial charge in [-0.15, -0.1) is 5.10 Å². The zero-order valence-electron chi connectivity index (χ0n) is 17.8. The van der Waals surface area contributed by atoms with Crippen LogP contribution in [0.2, 0.25) is 15.1 Å². The van der Waals surface area contributed by atoms with E-state index in [0.717, 1.165) is 16.7 Å². The van der Waals surface area contributed by atoms with Crippen molar-refractivity contribution in [2.75, 3.05) is 0 Å². The first-order valence-electron chi connectivity index (χ1n) is 9.72. The van der Waals surface area contributed by atoms with Gasteiger partial charge in [0.2, 0.25) is 5.69 Å². The Bertz CT molecular complexity index is 1520. The summed E-state index contributed by atoms with van der Waals surface area (Å²) in [5.74, 6) is 0.202. The molecule has 34 heavy (non-hydrogen) atoms. The Hall–Kier alpha value is -3.58. The molecule has 0 saturated heterocycles. The van der Waals surface area contributed by atoms with Crippen molar-refractivity contribution >= 4 is 41.0 Å². The fourth-order valence-corrected chi connectivity index (χ4v) is 3.55. The van der Waals surface area contributed by atoms with Crippen LogP contribution in [-0.4, -0.2) is 19.3 Å². The van der Waals surface area contributed by atoms with E-state index in [1.54, 1.807) is 12.3 Å². The first-order chi connectivity index (χ1) is 16.1. The fraction of sp³-hybridized carbons (Fsp3) is 0.136. The third-order valence-corrected chi connectivity index (χ3v) is 5.15. The molecule has 0 aliphatic heterocycles. The molecule has 0 saturated carbocycles. The normalized spacial score (nSPS) is 11.6. The van der Waals surface area contributed by atoms with Gasteiger partial charge in [0.25, 0.3) is 11.1 Å². The van der Waals surface area contributed by atoms with Crippen molar-refractivity contribution in [2.24, 2.45) is 0 Å². The number of hydrogen-bond donors (Lipinski definition) is 1. The van der Waals surface area contributed by atoms with E-state index in [1.807, 2.05) is 31.0 Å². The standard InChI is InChI=1S/C22H16Cl3N5O4/c1-3-4-5-12(2)10-29-11-14(8-17(25)21(29)32)34-19-15(23)6-13(7-16(19)24)30-22(33)27-20(31)18(9-26)28-30/h4-8,10-11H,3H2,1-2H3,(H,27,31,33)/b5-4-,12-10-. The number of hydrogen-bond acceptors (Lipinski definition) is 6. The number of nitrogens with zero attached hydrogens (tertiary/aromatic N) is 4. The Labute approximate surface area is 207 Å². The second-order valence-corrected chi connectivity index (χ2v) is 8.11. The van der Waals surface area contributed by atoms with Gasteiger partial charge < -0.3 is 4.74 Å². The van der Waals surface area contributed by atoms with Gasteiger partial charge in [0, 0.05) is 12.3 Å². The highest BCUT2D eigenvalue weighted by atomic mass is 35.5. The number of pyridine rings is 1. The summed E-state index contributed by atoms with van der Waals surface area (Å²) in [4.78, 5) is 38.1. The highest BCUT2D eigenvalue weighted by Crippen LogP contribution is 2.38. The van der Waals surface area contributed by atoms with E-state index in [-0.39, 0.29) is 32.3 Å². The molecule has 0 spiro atoms. The van der Waals surface area contributed by atoms with Gasteiger partial charge in [0.05, 0.1) is 21.9 Å². The quantitative estimate of drug-likeness (QED) is 0.476. The summed E-state index contributed by atoms with van der Waals surface area (Å²) in [5.41, 5.74) is -1.85. The lowest BCUT2D eigenvalue weighted by molar-refractivity contribution is 0.478. The number of rotatable bonds is 6. The molecule has 0 fully saturated rings. The topological polar surface area (TPSA) is 123 Å². The molecule has 0 atom stereocenters. The summed E-state index contributed by atoms with van der Waals surface area (Å²) in [7, 11) is 0. The average Bonchev–Trinajstić information content (AvgIpc) is 2.78. The molecule has 2 aromatic heterocycles. The number of ether oxygens (including phenoxy) is 1. The predicted molar refractivity (Wildman–Crippen MR) is 130 cm³/mol. The SMILES string of the molecule is CC/C=C\C(C)=C/n1cc(Oc2c(Cl)cc(-n3nc(C#N)c(=O)[nH]c3=O)cc2Cl)cc(Cl)c1=O. The van der Waals surface area contributed by atoms with E-state index in [1.165, 1.54) is 29.0 Å². The van der Waals surface area contributed by atoms with Gasteiger partial charge >= 0.3 is 5.69 Å². The van der Waals surface area contributed by atoms with E-state index in [0.29, 0.717) is 0 Å². The molecule has 0 unspecified atom stereocenters. The molecule has 2 heterocycles. The molecule has 0 amide bonds. The Morgan fingerprint density at radius 1 is 1.18 bits per heavy atom. The molecule has 3 rings (SSSR count). The van der Waals surface area contributed by atoms with Crippen molar-refractivity contribution in [3.8, 4) is 23.3 Å². The summed E-state index contributed by atoms with van der Waals surface area (Å²) in [5, 5.41) is 12.6. The lowest BCUT2D eigenvalue weighted by atomic mass is 10.2.